The molecule has 0 fully saturated rings. The average molecular weight is 266 g/mol. The molecule has 3 nitrogen and oxygen atoms in total. The molecule has 0 saturated carbocycles. The number of nitrogens with two attached hydrogens (primary N) is 1. The van der Waals surface area contributed by atoms with Crippen LogP contribution in [0.1, 0.15) is 18.0 Å². The molecule has 1 rings (SSSR count). The van der Waals surface area contributed by atoms with Crippen molar-refractivity contribution in [3.63, 3.8) is 0 Å². The normalized spacial score (nSPS) is 13.0. The van der Waals surface area contributed by atoms with E-state index in [2.05, 4.69) is 10.2 Å². The molecule has 0 saturated heterocycles. The Balaban J connectivity index is 2.57. The lowest BCUT2D eigenvalue weighted by Gasteiger charge is -2.17. The Labute approximate surface area is 102 Å². The molecule has 1 aromatic carbocycles. The van der Waals surface area contributed by atoms with Crippen LogP contribution in [0.4, 0.5) is 17.6 Å². The fourth-order valence-electron chi connectivity index (χ4n) is 1.48. The Kier molecular flexibility index (Phi) is 6.03. The van der Waals surface area contributed by atoms with Crippen molar-refractivity contribution in [1.82, 2.24) is 5.43 Å². The van der Waals surface area contributed by atoms with Crippen LogP contribution in [-0.2, 0) is 4.74 Å². The zero-order valence-corrected chi connectivity index (χ0v) is 9.51. The third-order valence-electron chi connectivity index (χ3n) is 2.33. The number of halogens is 4. The fourth-order valence-corrected chi connectivity index (χ4v) is 1.48. The summed E-state index contributed by atoms with van der Waals surface area (Å²) in [5.41, 5.74) is 2.34. The van der Waals surface area contributed by atoms with E-state index in [4.69, 9.17) is 5.84 Å². The summed E-state index contributed by atoms with van der Waals surface area (Å²) in [6.45, 7) is -0.724. The summed E-state index contributed by atoms with van der Waals surface area (Å²) >= 11 is 0. The monoisotopic (exact) mass is 266 g/mol. The van der Waals surface area contributed by atoms with E-state index in [0.717, 1.165) is 18.2 Å². The Hall–Kier alpha value is -1.18. The maximum absolute atomic E-state index is 13.4. The second-order valence-corrected chi connectivity index (χ2v) is 3.64. The summed E-state index contributed by atoms with van der Waals surface area (Å²) in [5, 5.41) is 0. The topological polar surface area (TPSA) is 47.3 Å². The summed E-state index contributed by atoms with van der Waals surface area (Å²) in [7, 11) is 0. The summed E-state index contributed by atoms with van der Waals surface area (Å²) in [4.78, 5) is 0. The summed E-state index contributed by atoms with van der Waals surface area (Å²) in [5.74, 6) is 4.01. The molecule has 1 atom stereocenters. The van der Waals surface area contributed by atoms with Crippen LogP contribution < -0.4 is 11.3 Å². The lowest BCUT2D eigenvalue weighted by Crippen LogP contribution is -2.30. The predicted molar refractivity (Wildman–Crippen MR) is 57.9 cm³/mol. The largest absolute Gasteiger partial charge is 0.375 e. The Morgan fingerprint density at radius 3 is 2.61 bits per heavy atom. The van der Waals surface area contributed by atoms with Crippen molar-refractivity contribution in [3.05, 3.63) is 35.4 Å². The van der Waals surface area contributed by atoms with Gasteiger partial charge in [0.05, 0.1) is 6.04 Å². The number of alkyl halides is 2. The summed E-state index contributed by atoms with van der Waals surface area (Å²) in [6.07, 6.45) is -2.40. The highest BCUT2D eigenvalue weighted by molar-refractivity contribution is 5.22. The van der Waals surface area contributed by atoms with E-state index in [9.17, 15) is 17.6 Å². The molecule has 0 radical (unpaired) electrons. The van der Waals surface area contributed by atoms with Crippen molar-refractivity contribution in [1.29, 1.82) is 0 Å². The molecule has 0 aliphatic carbocycles. The minimum absolute atomic E-state index is 0.0326. The first-order chi connectivity index (χ1) is 8.54. The molecule has 0 heterocycles. The van der Waals surface area contributed by atoms with Crippen molar-refractivity contribution in [2.45, 2.75) is 18.9 Å². The van der Waals surface area contributed by atoms with E-state index >= 15 is 0 Å². The van der Waals surface area contributed by atoms with Gasteiger partial charge in [-0.25, -0.2) is 17.6 Å². The van der Waals surface area contributed by atoms with Crippen LogP contribution in [-0.4, -0.2) is 19.6 Å². The highest BCUT2D eigenvalue weighted by Gasteiger charge is 2.15. The van der Waals surface area contributed by atoms with Gasteiger partial charge >= 0.3 is 0 Å². The molecule has 0 aliphatic heterocycles. The SMILES string of the molecule is NNC(CCOCC(F)F)c1cc(F)ccc1F. The summed E-state index contributed by atoms with van der Waals surface area (Å²) < 4.78 is 54.7. The maximum atomic E-state index is 13.4. The smallest absolute Gasteiger partial charge is 0.261 e. The van der Waals surface area contributed by atoms with Crippen molar-refractivity contribution in [2.24, 2.45) is 5.84 Å². The molecule has 0 spiro atoms. The van der Waals surface area contributed by atoms with Crippen molar-refractivity contribution < 1.29 is 22.3 Å². The van der Waals surface area contributed by atoms with Gasteiger partial charge in [-0.2, -0.15) is 0 Å². The van der Waals surface area contributed by atoms with E-state index in [1.807, 2.05) is 0 Å². The number of nitrogens with one attached hydrogen (secondary N) is 1. The van der Waals surface area contributed by atoms with Gasteiger partial charge in [0, 0.05) is 12.2 Å². The number of rotatable bonds is 7. The molecule has 0 aromatic heterocycles. The second-order valence-electron chi connectivity index (χ2n) is 3.64. The quantitative estimate of drug-likeness (QED) is 0.344. The van der Waals surface area contributed by atoms with Gasteiger partial charge < -0.3 is 4.74 Å². The lowest BCUT2D eigenvalue weighted by molar-refractivity contribution is 0.0143. The minimum Gasteiger partial charge on any atom is -0.375 e. The third kappa shape index (κ3) is 4.59. The zero-order chi connectivity index (χ0) is 13.5. The molecule has 0 aliphatic rings. The first-order valence-corrected chi connectivity index (χ1v) is 5.31. The van der Waals surface area contributed by atoms with Gasteiger partial charge in [0.15, 0.2) is 0 Å². The van der Waals surface area contributed by atoms with Gasteiger partial charge in [-0.15, -0.1) is 0 Å². The van der Waals surface area contributed by atoms with E-state index in [-0.39, 0.29) is 18.6 Å². The highest BCUT2D eigenvalue weighted by atomic mass is 19.3. The first kappa shape index (κ1) is 14.9. The number of benzene rings is 1. The molecular formula is C11H14F4N2O. The molecule has 7 heteroatoms. The van der Waals surface area contributed by atoms with E-state index in [0.29, 0.717) is 0 Å². The van der Waals surface area contributed by atoms with Crippen molar-refractivity contribution >= 4 is 0 Å². The molecule has 3 N–H and O–H groups in total. The predicted octanol–water partition coefficient (Wildman–Crippen LogP) is 2.14. The minimum atomic E-state index is -2.56. The fraction of sp³-hybridized carbons (Fsp3) is 0.455. The molecular weight excluding hydrogens is 252 g/mol. The highest BCUT2D eigenvalue weighted by Crippen LogP contribution is 2.20. The number of hydrogen-bond donors (Lipinski definition) is 2. The van der Waals surface area contributed by atoms with Crippen LogP contribution in [0.5, 0.6) is 0 Å². The van der Waals surface area contributed by atoms with Gasteiger partial charge in [0.2, 0.25) is 0 Å². The Morgan fingerprint density at radius 2 is 2.00 bits per heavy atom. The standard InChI is InChI=1S/C11H14F4N2O/c12-7-1-2-9(13)8(5-7)10(17-16)3-4-18-6-11(14)15/h1-2,5,10-11,17H,3-4,6,16H2. The van der Waals surface area contributed by atoms with Gasteiger partial charge in [-0.05, 0) is 24.6 Å². The van der Waals surface area contributed by atoms with Gasteiger partial charge in [-0.1, -0.05) is 0 Å². The average Bonchev–Trinajstić information content (AvgIpc) is 2.33. The number of ether oxygens (including phenoxy) is 1. The lowest BCUT2D eigenvalue weighted by atomic mass is 10.0. The third-order valence-corrected chi connectivity index (χ3v) is 2.33. The van der Waals surface area contributed by atoms with Gasteiger partial charge in [-0.3, -0.25) is 11.3 Å². The molecule has 102 valence electrons. The van der Waals surface area contributed by atoms with E-state index < -0.39 is 30.7 Å². The number of hydrogen-bond acceptors (Lipinski definition) is 3. The molecule has 0 bridgehead atoms. The van der Waals surface area contributed by atoms with Crippen LogP contribution >= 0.6 is 0 Å². The molecule has 0 amide bonds. The Bertz CT molecular complexity index is 376. The molecule has 1 aromatic rings. The molecule has 1 unspecified atom stereocenters. The van der Waals surface area contributed by atoms with Crippen LogP contribution in [0.15, 0.2) is 18.2 Å². The van der Waals surface area contributed by atoms with Gasteiger partial charge in [0.25, 0.3) is 6.43 Å². The van der Waals surface area contributed by atoms with Crippen LogP contribution in [0.25, 0.3) is 0 Å². The Morgan fingerprint density at radius 1 is 1.28 bits per heavy atom. The zero-order valence-electron chi connectivity index (χ0n) is 9.51. The second kappa shape index (κ2) is 7.30. The first-order valence-electron chi connectivity index (χ1n) is 5.31. The van der Waals surface area contributed by atoms with Crippen molar-refractivity contribution in [3.8, 4) is 0 Å². The van der Waals surface area contributed by atoms with E-state index in [1.165, 1.54) is 0 Å². The van der Waals surface area contributed by atoms with Crippen molar-refractivity contribution in [2.75, 3.05) is 13.2 Å². The molecule has 18 heavy (non-hydrogen) atoms. The van der Waals surface area contributed by atoms with Gasteiger partial charge in [0.1, 0.15) is 18.2 Å². The van der Waals surface area contributed by atoms with Crippen LogP contribution in [0.2, 0.25) is 0 Å². The maximum Gasteiger partial charge on any atom is 0.261 e. The summed E-state index contributed by atoms with van der Waals surface area (Å²) in [6, 6.07) is 2.28. The van der Waals surface area contributed by atoms with Crippen LogP contribution in [0, 0.1) is 11.6 Å². The number of hydrazine groups is 1. The van der Waals surface area contributed by atoms with Crippen LogP contribution in [0.3, 0.4) is 0 Å². The van der Waals surface area contributed by atoms with E-state index in [1.54, 1.807) is 0 Å².